The van der Waals surface area contributed by atoms with Crippen LogP contribution in [0.3, 0.4) is 0 Å². The molecule has 0 fully saturated rings. The van der Waals surface area contributed by atoms with Gasteiger partial charge in [-0.25, -0.2) is 9.97 Å². The fraction of sp³-hybridized carbons (Fsp3) is 0.167. The number of hydrogen-bond donors (Lipinski definition) is 1. The number of carbonyl (C=O) groups is 3. The van der Waals surface area contributed by atoms with Gasteiger partial charge in [-0.2, -0.15) is 11.3 Å². The van der Waals surface area contributed by atoms with Crippen molar-refractivity contribution >= 4 is 68.5 Å². The normalized spacial score (nSPS) is 15.2. The van der Waals surface area contributed by atoms with Crippen molar-refractivity contribution in [3.8, 4) is 11.3 Å². The van der Waals surface area contributed by atoms with Crippen LogP contribution in [0.15, 0.2) is 16.8 Å². The largest absolute Gasteiger partial charge is 0.302 e. The second-order valence-corrected chi connectivity index (χ2v) is 9.08. The number of imide groups is 1. The van der Waals surface area contributed by atoms with Crippen molar-refractivity contribution in [1.29, 1.82) is 0 Å². The number of hydrogen-bond acceptors (Lipinski definition) is 8. The summed E-state index contributed by atoms with van der Waals surface area (Å²) in [5.74, 6) is -1.15. The van der Waals surface area contributed by atoms with E-state index in [1.807, 2.05) is 23.8 Å². The Bertz CT molecular complexity index is 1140. The Morgan fingerprint density at radius 3 is 2.64 bits per heavy atom. The van der Waals surface area contributed by atoms with Gasteiger partial charge in [0.1, 0.15) is 10.6 Å². The van der Waals surface area contributed by atoms with Gasteiger partial charge in [0.15, 0.2) is 5.13 Å². The SMILES string of the molecule is CC(=O)Nc1nc2c(s1)C(=O)N(C)C(=O)/C2=C\c1sc(C)nc1-c1ccsc1. The number of fused-ring (bicyclic) bond motifs is 1. The van der Waals surface area contributed by atoms with Crippen molar-refractivity contribution in [2.24, 2.45) is 0 Å². The van der Waals surface area contributed by atoms with Crippen molar-refractivity contribution in [2.45, 2.75) is 13.8 Å². The number of likely N-dealkylation sites (N-methyl/N-ethyl adjacent to an activating group) is 1. The third-order valence-electron chi connectivity index (χ3n) is 4.03. The third-order valence-corrected chi connectivity index (χ3v) is 6.59. The number of aromatic nitrogens is 2. The number of nitrogens with zero attached hydrogens (tertiary/aromatic N) is 3. The van der Waals surface area contributed by atoms with Gasteiger partial charge >= 0.3 is 0 Å². The molecule has 1 N–H and O–H groups in total. The molecule has 0 aliphatic carbocycles. The second kappa shape index (κ2) is 7.04. The smallest absolute Gasteiger partial charge is 0.272 e. The molecule has 0 bridgehead atoms. The molecule has 4 heterocycles. The van der Waals surface area contributed by atoms with E-state index < -0.39 is 11.8 Å². The van der Waals surface area contributed by atoms with E-state index in [1.165, 1.54) is 25.3 Å². The monoisotopic (exact) mass is 430 g/mol. The van der Waals surface area contributed by atoms with E-state index >= 15 is 0 Å². The summed E-state index contributed by atoms with van der Waals surface area (Å²) < 4.78 is 0. The third kappa shape index (κ3) is 3.19. The van der Waals surface area contributed by atoms with Gasteiger partial charge < -0.3 is 5.32 Å². The fourth-order valence-corrected chi connectivity index (χ4v) is 5.32. The summed E-state index contributed by atoms with van der Waals surface area (Å²) in [7, 11) is 1.44. The number of nitrogens with one attached hydrogen (secondary N) is 1. The lowest BCUT2D eigenvalue weighted by Crippen LogP contribution is -2.37. The molecule has 0 saturated heterocycles. The number of anilines is 1. The lowest BCUT2D eigenvalue weighted by Gasteiger charge is -2.21. The molecule has 4 rings (SSSR count). The molecule has 28 heavy (non-hydrogen) atoms. The van der Waals surface area contributed by atoms with Gasteiger partial charge in [0, 0.05) is 24.9 Å². The maximum Gasteiger partial charge on any atom is 0.272 e. The number of rotatable bonds is 3. The average molecular weight is 431 g/mol. The standard InChI is InChI=1S/C18H14N4O3S3/c1-8(23)19-18-21-14-11(16(24)22(3)17(25)15(14)28-18)6-12-13(20-9(2)27-12)10-4-5-26-7-10/h4-7H,1-3H3,(H,19,21,23)/b11-6-. The zero-order valence-corrected chi connectivity index (χ0v) is 17.6. The highest BCUT2D eigenvalue weighted by molar-refractivity contribution is 7.18. The molecule has 0 atom stereocenters. The quantitative estimate of drug-likeness (QED) is 0.505. The Labute approximate surface area is 172 Å². The summed E-state index contributed by atoms with van der Waals surface area (Å²) in [6.45, 7) is 3.27. The molecule has 3 aromatic heterocycles. The van der Waals surface area contributed by atoms with Crippen LogP contribution in [-0.4, -0.2) is 39.6 Å². The van der Waals surface area contributed by atoms with Crippen LogP contribution in [0.5, 0.6) is 0 Å². The van der Waals surface area contributed by atoms with Crippen molar-refractivity contribution in [1.82, 2.24) is 14.9 Å². The molecule has 7 nitrogen and oxygen atoms in total. The second-order valence-electron chi connectivity index (χ2n) is 6.06. The molecule has 10 heteroatoms. The van der Waals surface area contributed by atoms with Crippen LogP contribution >= 0.6 is 34.0 Å². The van der Waals surface area contributed by atoms with Gasteiger partial charge in [-0.05, 0) is 24.4 Å². The van der Waals surface area contributed by atoms with Crippen molar-refractivity contribution in [3.63, 3.8) is 0 Å². The van der Waals surface area contributed by atoms with Gasteiger partial charge in [0.25, 0.3) is 11.8 Å². The fourth-order valence-electron chi connectivity index (χ4n) is 2.79. The molecule has 3 amide bonds. The van der Waals surface area contributed by atoms with Gasteiger partial charge in [0.2, 0.25) is 5.91 Å². The van der Waals surface area contributed by atoms with E-state index in [9.17, 15) is 14.4 Å². The van der Waals surface area contributed by atoms with Crippen LogP contribution in [0.1, 0.15) is 32.2 Å². The van der Waals surface area contributed by atoms with E-state index in [2.05, 4.69) is 15.3 Å². The molecule has 0 saturated carbocycles. The minimum atomic E-state index is -0.431. The zero-order valence-electron chi connectivity index (χ0n) is 15.1. The summed E-state index contributed by atoms with van der Waals surface area (Å²) in [6, 6.07) is 1.97. The number of thiophene rings is 1. The molecule has 0 radical (unpaired) electrons. The Morgan fingerprint density at radius 2 is 1.96 bits per heavy atom. The Morgan fingerprint density at radius 1 is 1.18 bits per heavy atom. The van der Waals surface area contributed by atoms with Gasteiger partial charge in [0.05, 0.1) is 21.2 Å². The number of aryl methyl sites for hydroxylation is 1. The lowest BCUT2D eigenvalue weighted by molar-refractivity contribution is -0.121. The topological polar surface area (TPSA) is 92.3 Å². The van der Waals surface area contributed by atoms with Crippen molar-refractivity contribution in [2.75, 3.05) is 12.4 Å². The highest BCUT2D eigenvalue weighted by Crippen LogP contribution is 2.38. The van der Waals surface area contributed by atoms with Crippen LogP contribution in [0, 0.1) is 6.92 Å². The zero-order chi connectivity index (χ0) is 20.0. The van der Waals surface area contributed by atoms with E-state index in [1.54, 1.807) is 17.4 Å². The summed E-state index contributed by atoms with van der Waals surface area (Å²) >= 11 is 4.10. The molecule has 0 aromatic carbocycles. The van der Waals surface area contributed by atoms with Crippen molar-refractivity contribution < 1.29 is 14.4 Å². The van der Waals surface area contributed by atoms with Gasteiger partial charge in [-0.1, -0.05) is 11.3 Å². The predicted molar refractivity (Wildman–Crippen MR) is 112 cm³/mol. The Balaban J connectivity index is 1.87. The molecular formula is C18H14N4O3S3. The van der Waals surface area contributed by atoms with Crippen LogP contribution in [0.2, 0.25) is 0 Å². The highest BCUT2D eigenvalue weighted by Gasteiger charge is 2.36. The molecule has 1 aliphatic heterocycles. The van der Waals surface area contributed by atoms with E-state index in [0.29, 0.717) is 21.3 Å². The summed E-state index contributed by atoms with van der Waals surface area (Å²) in [5.41, 5.74) is 2.38. The maximum atomic E-state index is 12.8. The van der Waals surface area contributed by atoms with E-state index in [4.69, 9.17) is 0 Å². The van der Waals surface area contributed by atoms with Gasteiger partial charge in [-0.3, -0.25) is 19.3 Å². The Kier molecular flexibility index (Phi) is 4.69. The number of amides is 3. The maximum absolute atomic E-state index is 12.8. The minimum Gasteiger partial charge on any atom is -0.302 e. The number of carbonyl (C=O) groups excluding carboxylic acids is 3. The first-order valence-electron chi connectivity index (χ1n) is 8.18. The molecule has 3 aromatic rings. The highest BCUT2D eigenvalue weighted by atomic mass is 32.1. The first-order valence-corrected chi connectivity index (χ1v) is 10.8. The molecule has 142 valence electrons. The van der Waals surface area contributed by atoms with E-state index in [-0.39, 0.29) is 5.91 Å². The first-order chi connectivity index (χ1) is 13.3. The summed E-state index contributed by atoms with van der Waals surface area (Å²) in [6.07, 6.45) is 1.74. The average Bonchev–Trinajstić information content (AvgIpc) is 3.36. The lowest BCUT2D eigenvalue weighted by atomic mass is 10.0. The molecular weight excluding hydrogens is 416 g/mol. The Hall–Kier alpha value is -2.69. The van der Waals surface area contributed by atoms with Crippen LogP contribution in [0.25, 0.3) is 22.9 Å². The minimum absolute atomic E-state index is 0.290. The first kappa shape index (κ1) is 18.7. The van der Waals surface area contributed by atoms with E-state index in [0.717, 1.165) is 37.4 Å². The van der Waals surface area contributed by atoms with Crippen molar-refractivity contribution in [3.05, 3.63) is 37.3 Å². The molecule has 0 unspecified atom stereocenters. The van der Waals surface area contributed by atoms with Crippen LogP contribution < -0.4 is 5.32 Å². The number of thiazole rings is 2. The molecule has 1 aliphatic rings. The molecule has 0 spiro atoms. The van der Waals surface area contributed by atoms with Crippen LogP contribution in [-0.2, 0) is 9.59 Å². The van der Waals surface area contributed by atoms with Gasteiger partial charge in [-0.15, -0.1) is 11.3 Å². The summed E-state index contributed by atoms with van der Waals surface area (Å²) in [5, 5.41) is 7.72. The van der Waals surface area contributed by atoms with Crippen LogP contribution in [0.4, 0.5) is 5.13 Å². The predicted octanol–water partition coefficient (Wildman–Crippen LogP) is 3.75. The summed E-state index contributed by atoms with van der Waals surface area (Å²) in [4.78, 5) is 47.9.